The van der Waals surface area contributed by atoms with Gasteiger partial charge in [-0.1, -0.05) is 136 Å². The van der Waals surface area contributed by atoms with Gasteiger partial charge in [0.15, 0.2) is 0 Å². The maximum Gasteiger partial charge on any atom is 0.310 e. The third kappa shape index (κ3) is 28.1. The number of hydrogen-bond donors (Lipinski definition) is 0. The molecule has 0 aromatic carbocycles. The zero-order valence-electron chi connectivity index (χ0n) is 35.1. The van der Waals surface area contributed by atoms with Crippen molar-refractivity contribution in [2.75, 3.05) is 66.6 Å². The van der Waals surface area contributed by atoms with Crippen molar-refractivity contribution >= 4 is 23.6 Å². The molecular weight excluding hydrogens is 666 g/mol. The second-order valence-electron chi connectivity index (χ2n) is 15.9. The Balaban J connectivity index is 2.45. The molecule has 0 aromatic heterocycles. The van der Waals surface area contributed by atoms with Crippen molar-refractivity contribution in [1.29, 1.82) is 0 Å². The van der Waals surface area contributed by atoms with Crippen molar-refractivity contribution < 1.29 is 28.7 Å². The topological polar surface area (TPSA) is 96.5 Å². The number of rotatable bonds is 25. The van der Waals surface area contributed by atoms with Crippen LogP contribution in [-0.2, 0) is 28.7 Å². The van der Waals surface area contributed by atoms with Crippen molar-refractivity contribution in [3.8, 4) is 0 Å². The quantitative estimate of drug-likeness (QED) is 0.0518. The van der Waals surface area contributed by atoms with Gasteiger partial charge in [0.1, 0.15) is 0 Å². The summed E-state index contributed by atoms with van der Waals surface area (Å²) in [5.41, 5.74) is 0. The smallest absolute Gasteiger partial charge is 0.310 e. The molecule has 9 nitrogen and oxygen atoms in total. The Bertz CT molecular complexity index is 931. The van der Waals surface area contributed by atoms with E-state index in [1.807, 2.05) is 7.05 Å². The van der Waals surface area contributed by atoms with E-state index in [4.69, 9.17) is 9.47 Å². The van der Waals surface area contributed by atoms with Gasteiger partial charge in [-0.2, -0.15) is 0 Å². The molecule has 1 unspecified atom stereocenters. The molecule has 310 valence electrons. The molecular formula is C44H83N3O6. The van der Waals surface area contributed by atoms with Gasteiger partial charge in [0.05, 0.1) is 19.1 Å². The Kier molecular flexibility index (Phi) is 31.9. The lowest BCUT2D eigenvalue weighted by molar-refractivity contribution is -0.149. The molecule has 1 fully saturated rings. The lowest BCUT2D eigenvalue weighted by atomic mass is 9.99. The number of Topliss-reactive ketones (excluding diaryl/α,β-unsaturated/α-hetero) is 1. The van der Waals surface area contributed by atoms with E-state index < -0.39 is 0 Å². The van der Waals surface area contributed by atoms with E-state index in [-0.39, 0.29) is 36.0 Å². The first-order valence-corrected chi connectivity index (χ1v) is 22.3. The average molecular weight is 750 g/mol. The Labute approximate surface area is 326 Å². The zero-order valence-corrected chi connectivity index (χ0v) is 35.1. The second kappa shape index (κ2) is 34.5. The molecule has 0 radical (unpaired) electrons. The highest BCUT2D eigenvalue weighted by Crippen LogP contribution is 2.17. The third-order valence-corrected chi connectivity index (χ3v) is 10.8. The highest BCUT2D eigenvalue weighted by Gasteiger charge is 2.24. The molecule has 0 spiro atoms. The van der Waals surface area contributed by atoms with Crippen LogP contribution in [0.3, 0.4) is 0 Å². The summed E-state index contributed by atoms with van der Waals surface area (Å²) in [7, 11) is 4.05. The predicted octanol–water partition coefficient (Wildman–Crippen LogP) is 9.54. The van der Waals surface area contributed by atoms with Gasteiger partial charge in [0.2, 0.25) is 5.78 Å². The summed E-state index contributed by atoms with van der Waals surface area (Å²) in [4.78, 5) is 57.6. The molecule has 0 N–H and O–H groups in total. The molecule has 1 saturated heterocycles. The van der Waals surface area contributed by atoms with Crippen LogP contribution < -0.4 is 0 Å². The lowest BCUT2D eigenvalue weighted by Crippen LogP contribution is -2.40. The van der Waals surface area contributed by atoms with Crippen LogP contribution in [0.4, 0.5) is 0 Å². The van der Waals surface area contributed by atoms with E-state index in [1.54, 1.807) is 4.90 Å². The molecule has 53 heavy (non-hydrogen) atoms. The zero-order chi connectivity index (χ0) is 38.8. The minimum absolute atomic E-state index is 0.0538. The number of hydrogen-bond acceptors (Lipinski definition) is 8. The van der Waals surface area contributed by atoms with E-state index >= 15 is 0 Å². The van der Waals surface area contributed by atoms with Gasteiger partial charge < -0.3 is 24.2 Å². The van der Waals surface area contributed by atoms with Crippen LogP contribution in [0.25, 0.3) is 0 Å². The largest absolute Gasteiger partial charge is 0.466 e. The van der Waals surface area contributed by atoms with Crippen LogP contribution in [0.5, 0.6) is 0 Å². The van der Waals surface area contributed by atoms with Gasteiger partial charge in [-0.15, -0.1) is 0 Å². The van der Waals surface area contributed by atoms with Gasteiger partial charge in [-0.3, -0.25) is 19.2 Å². The summed E-state index contributed by atoms with van der Waals surface area (Å²) in [5, 5.41) is 0. The number of carbonyl (C=O) groups excluding carboxylic acids is 4. The summed E-state index contributed by atoms with van der Waals surface area (Å²) < 4.78 is 11.2. The maximum absolute atomic E-state index is 13.2. The van der Waals surface area contributed by atoms with Crippen molar-refractivity contribution in [3.05, 3.63) is 0 Å². The van der Waals surface area contributed by atoms with E-state index in [9.17, 15) is 19.2 Å². The van der Waals surface area contributed by atoms with Crippen molar-refractivity contribution in [2.45, 2.75) is 187 Å². The Morgan fingerprint density at radius 3 is 1.77 bits per heavy atom. The lowest BCUT2D eigenvalue weighted by Gasteiger charge is -2.26. The Morgan fingerprint density at radius 2 is 1.11 bits per heavy atom. The van der Waals surface area contributed by atoms with E-state index in [0.717, 1.165) is 109 Å². The van der Waals surface area contributed by atoms with Crippen LogP contribution in [0.1, 0.15) is 187 Å². The van der Waals surface area contributed by atoms with E-state index in [1.165, 1.54) is 64.2 Å². The normalized spacial score (nSPS) is 18.1. The maximum atomic E-state index is 13.2. The fraction of sp³-hybridized carbons (Fsp3) is 0.909. The first kappa shape index (κ1) is 49.0. The molecule has 1 aliphatic rings. The molecule has 0 aliphatic carbocycles. The first-order chi connectivity index (χ1) is 25.8. The molecule has 0 bridgehead atoms. The fourth-order valence-electron chi connectivity index (χ4n) is 7.09. The second-order valence-corrected chi connectivity index (χ2v) is 15.9. The van der Waals surface area contributed by atoms with Gasteiger partial charge in [0, 0.05) is 52.1 Å². The molecule has 1 amide bonds. The van der Waals surface area contributed by atoms with E-state index in [2.05, 4.69) is 30.7 Å². The number of nitrogens with zero attached hydrogens (tertiary/aromatic N) is 3. The van der Waals surface area contributed by atoms with Crippen molar-refractivity contribution in [3.63, 3.8) is 0 Å². The van der Waals surface area contributed by atoms with Crippen LogP contribution in [0.2, 0.25) is 0 Å². The van der Waals surface area contributed by atoms with Crippen LogP contribution in [0, 0.1) is 5.92 Å². The minimum atomic E-state index is -0.335. The van der Waals surface area contributed by atoms with Crippen LogP contribution in [0.15, 0.2) is 0 Å². The molecule has 1 atom stereocenters. The fourth-order valence-corrected chi connectivity index (χ4v) is 7.09. The monoisotopic (exact) mass is 750 g/mol. The number of carbonyl (C=O) groups is 4. The SMILES string of the molecule is CCCCCCCCCOC(=O)CCCCCCCN1CCCCCCCC(C(=O)OCCCCCCCCC)CN(C)CCN(C)CCC(=O)C1=O. The molecule has 1 rings (SSSR count). The minimum Gasteiger partial charge on any atom is -0.466 e. The summed E-state index contributed by atoms with van der Waals surface area (Å²) in [6.45, 7) is 9.51. The third-order valence-electron chi connectivity index (χ3n) is 10.8. The molecule has 0 aromatic rings. The van der Waals surface area contributed by atoms with Gasteiger partial charge in [-0.25, -0.2) is 0 Å². The van der Waals surface area contributed by atoms with Gasteiger partial charge >= 0.3 is 11.9 Å². The Hall–Kier alpha value is -2.00. The van der Waals surface area contributed by atoms with Crippen LogP contribution in [-0.4, -0.2) is 105 Å². The summed E-state index contributed by atoms with van der Waals surface area (Å²) in [6.07, 6.45) is 28.1. The van der Waals surface area contributed by atoms with Gasteiger partial charge in [-0.05, 0) is 52.6 Å². The highest BCUT2D eigenvalue weighted by atomic mass is 16.5. The summed E-state index contributed by atoms with van der Waals surface area (Å²) in [5.74, 6) is -0.889. The predicted molar refractivity (Wildman–Crippen MR) is 218 cm³/mol. The van der Waals surface area contributed by atoms with Crippen LogP contribution >= 0.6 is 0 Å². The number of ether oxygens (including phenoxy) is 2. The molecule has 1 aliphatic heterocycles. The number of esters is 2. The van der Waals surface area contributed by atoms with Crippen molar-refractivity contribution in [2.24, 2.45) is 5.92 Å². The number of amides is 1. The number of likely N-dealkylation sites (N-methyl/N-ethyl adjacent to an activating group) is 2. The Morgan fingerprint density at radius 1 is 0.585 bits per heavy atom. The highest BCUT2D eigenvalue weighted by molar-refractivity contribution is 6.36. The number of unbranched alkanes of at least 4 members (excludes halogenated alkanes) is 16. The standard InChI is InChI=1S/C44H83N3O6/c1-5-7-9-11-13-21-27-37-52-42(49)30-24-18-16-20-26-33-47-32-25-19-15-17-23-29-40(44(51)53-38-28-22-14-12-10-8-6-2)39-46(4)36-35-45(3)34-31-41(48)43(47)50/h40H,5-39H2,1-4H3. The number of ketones is 1. The van der Waals surface area contributed by atoms with Gasteiger partial charge in [0.25, 0.3) is 5.91 Å². The summed E-state index contributed by atoms with van der Waals surface area (Å²) in [6, 6.07) is 0. The summed E-state index contributed by atoms with van der Waals surface area (Å²) >= 11 is 0. The molecule has 9 heteroatoms. The van der Waals surface area contributed by atoms with Crippen molar-refractivity contribution in [1.82, 2.24) is 14.7 Å². The van der Waals surface area contributed by atoms with E-state index in [0.29, 0.717) is 45.8 Å². The molecule has 1 heterocycles. The molecule has 0 saturated carbocycles. The average Bonchev–Trinajstić information content (AvgIpc) is 3.15. The first-order valence-electron chi connectivity index (χ1n) is 22.3.